The topological polar surface area (TPSA) is 111 Å². The number of hydrogen-bond acceptors (Lipinski definition) is 6. The molecule has 0 heterocycles. The number of anilines is 1. The van der Waals surface area contributed by atoms with E-state index < -0.39 is 15.5 Å². The molecule has 0 saturated heterocycles. The molecule has 1 N–H and O–H groups in total. The Morgan fingerprint density at radius 1 is 1.12 bits per heavy atom. The first-order valence-corrected chi connectivity index (χ1v) is 8.31. The maximum atomic E-state index is 11.2. The van der Waals surface area contributed by atoms with Gasteiger partial charge in [0.15, 0.2) is 0 Å². The van der Waals surface area contributed by atoms with Gasteiger partial charge >= 0.3 is 5.69 Å². The van der Waals surface area contributed by atoms with Gasteiger partial charge in [0.1, 0.15) is 5.69 Å². The van der Waals surface area contributed by atoms with Crippen molar-refractivity contribution in [3.63, 3.8) is 0 Å². The summed E-state index contributed by atoms with van der Waals surface area (Å²) in [6.07, 6.45) is 2.53. The summed E-state index contributed by atoms with van der Waals surface area (Å²) in [6.45, 7) is 2.05. The van der Waals surface area contributed by atoms with E-state index in [9.17, 15) is 20.2 Å². The van der Waals surface area contributed by atoms with Gasteiger partial charge < -0.3 is 0 Å². The number of nitrogens with one attached hydrogen (secondary N) is 1. The molecule has 0 aliphatic rings. The van der Waals surface area contributed by atoms with Gasteiger partial charge in [0.05, 0.1) is 21.6 Å². The number of unbranched alkanes of at least 4 members (excludes halogenated alkanes) is 1. The summed E-state index contributed by atoms with van der Waals surface area (Å²) in [7, 11) is 0. The van der Waals surface area contributed by atoms with E-state index in [1.165, 1.54) is 12.1 Å². The number of halogens is 1. The maximum Gasteiger partial charge on any atom is 0.301 e. The highest BCUT2D eigenvalue weighted by molar-refractivity contribution is 6.30. The number of hydrogen-bond donors (Lipinski definition) is 1. The van der Waals surface area contributed by atoms with Crippen LogP contribution in [0.1, 0.15) is 31.7 Å². The predicted molar refractivity (Wildman–Crippen MR) is 101 cm³/mol. The number of benzene rings is 2. The van der Waals surface area contributed by atoms with E-state index in [-0.39, 0.29) is 11.4 Å². The fraction of sp³-hybridized carbons (Fsp3) is 0.235. The van der Waals surface area contributed by atoms with E-state index in [0.29, 0.717) is 11.4 Å². The summed E-state index contributed by atoms with van der Waals surface area (Å²) >= 11 is 5.90. The zero-order valence-electron chi connectivity index (χ0n) is 14.0. The molecule has 0 atom stereocenters. The maximum absolute atomic E-state index is 11.2. The molecule has 0 spiro atoms. The zero-order valence-corrected chi connectivity index (χ0v) is 14.8. The molecular formula is C17H17ClN4O4. The second-order valence-electron chi connectivity index (χ2n) is 5.50. The van der Waals surface area contributed by atoms with Gasteiger partial charge in [-0.05, 0) is 36.6 Å². The van der Waals surface area contributed by atoms with Gasteiger partial charge in [-0.1, -0.05) is 37.1 Å². The summed E-state index contributed by atoms with van der Waals surface area (Å²) in [5.41, 5.74) is 3.57. The normalized spacial score (nSPS) is 11.2. The average molecular weight is 377 g/mol. The van der Waals surface area contributed by atoms with Gasteiger partial charge in [0.2, 0.25) is 0 Å². The second kappa shape index (κ2) is 8.91. The van der Waals surface area contributed by atoms with Crippen LogP contribution in [0.2, 0.25) is 5.02 Å². The van der Waals surface area contributed by atoms with Crippen LogP contribution in [0.4, 0.5) is 17.1 Å². The Hall–Kier alpha value is -3.00. The molecule has 2 aromatic carbocycles. The monoisotopic (exact) mass is 376 g/mol. The molecule has 0 radical (unpaired) electrons. The molecule has 0 amide bonds. The standard InChI is InChI=1S/C17H17ClN4O4/c1-2-3-4-15(12-5-7-13(18)8-6-12)19-20-16-10-9-14(21(23)24)11-17(16)22(25)26/h5-11,20H,2-4H2,1H3. The van der Waals surface area contributed by atoms with E-state index in [2.05, 4.69) is 10.5 Å². The molecule has 26 heavy (non-hydrogen) atoms. The van der Waals surface area contributed by atoms with Crippen LogP contribution in [0, 0.1) is 20.2 Å². The third-order valence-corrected chi connectivity index (χ3v) is 3.90. The van der Waals surface area contributed by atoms with Gasteiger partial charge in [-0.15, -0.1) is 0 Å². The smallest absolute Gasteiger partial charge is 0.271 e. The van der Waals surface area contributed by atoms with Crippen LogP contribution in [0.3, 0.4) is 0 Å². The molecule has 8 nitrogen and oxygen atoms in total. The fourth-order valence-electron chi connectivity index (χ4n) is 2.26. The Kier molecular flexibility index (Phi) is 6.62. The highest BCUT2D eigenvalue weighted by Gasteiger charge is 2.19. The molecule has 2 aromatic rings. The number of nitro groups is 2. The minimum atomic E-state index is -0.682. The first-order chi connectivity index (χ1) is 12.4. The van der Waals surface area contributed by atoms with E-state index in [1.807, 2.05) is 19.1 Å². The van der Waals surface area contributed by atoms with Gasteiger partial charge in [-0.25, -0.2) is 0 Å². The van der Waals surface area contributed by atoms with Crippen molar-refractivity contribution >= 4 is 34.4 Å². The van der Waals surface area contributed by atoms with Crippen LogP contribution in [0.15, 0.2) is 47.6 Å². The lowest BCUT2D eigenvalue weighted by atomic mass is 10.1. The lowest BCUT2D eigenvalue weighted by Gasteiger charge is -2.08. The van der Waals surface area contributed by atoms with Gasteiger partial charge in [0.25, 0.3) is 5.69 Å². The molecule has 0 saturated carbocycles. The number of nitrogens with zero attached hydrogens (tertiary/aromatic N) is 3. The quantitative estimate of drug-likeness (QED) is 0.388. The van der Waals surface area contributed by atoms with Crippen molar-refractivity contribution in [2.45, 2.75) is 26.2 Å². The summed E-state index contributed by atoms with van der Waals surface area (Å²) in [5, 5.41) is 26.9. The molecule has 0 aliphatic carbocycles. The van der Waals surface area contributed by atoms with Crippen molar-refractivity contribution in [1.29, 1.82) is 0 Å². The first-order valence-electron chi connectivity index (χ1n) is 7.93. The number of non-ortho nitro benzene ring substituents is 1. The molecule has 2 rings (SSSR count). The lowest BCUT2D eigenvalue weighted by Crippen LogP contribution is -2.06. The summed E-state index contributed by atoms with van der Waals surface area (Å²) in [6, 6.07) is 10.5. The van der Waals surface area contributed by atoms with Crippen LogP contribution >= 0.6 is 11.6 Å². The summed E-state index contributed by atoms with van der Waals surface area (Å²) < 4.78 is 0. The molecule has 0 unspecified atom stereocenters. The van der Waals surface area contributed by atoms with Crippen molar-refractivity contribution < 1.29 is 9.85 Å². The SMILES string of the molecule is CCCCC(=NNc1ccc([N+](=O)[O-])cc1[N+](=O)[O-])c1ccc(Cl)cc1. The second-order valence-corrected chi connectivity index (χ2v) is 5.93. The number of nitro benzene ring substituents is 2. The number of hydrazone groups is 1. The van der Waals surface area contributed by atoms with Crippen LogP contribution in [-0.2, 0) is 0 Å². The van der Waals surface area contributed by atoms with E-state index >= 15 is 0 Å². The molecule has 0 aliphatic heterocycles. The van der Waals surface area contributed by atoms with Crippen molar-refractivity contribution in [3.8, 4) is 0 Å². The third-order valence-electron chi connectivity index (χ3n) is 3.64. The molecule has 0 fully saturated rings. The highest BCUT2D eigenvalue weighted by atomic mass is 35.5. The van der Waals surface area contributed by atoms with E-state index in [1.54, 1.807) is 12.1 Å². The summed E-state index contributed by atoms with van der Waals surface area (Å²) in [4.78, 5) is 20.6. The third kappa shape index (κ3) is 5.00. The Morgan fingerprint density at radius 2 is 1.81 bits per heavy atom. The van der Waals surface area contributed by atoms with Crippen LogP contribution < -0.4 is 5.43 Å². The van der Waals surface area contributed by atoms with Gasteiger partial charge in [0, 0.05) is 11.1 Å². The Morgan fingerprint density at radius 3 is 2.38 bits per heavy atom. The van der Waals surface area contributed by atoms with Crippen molar-refractivity contribution in [2.24, 2.45) is 5.10 Å². The van der Waals surface area contributed by atoms with Gasteiger partial charge in [-0.2, -0.15) is 5.10 Å². The highest BCUT2D eigenvalue weighted by Crippen LogP contribution is 2.29. The minimum absolute atomic E-state index is 0.0866. The molecule has 0 aromatic heterocycles. The summed E-state index contributed by atoms with van der Waals surface area (Å²) in [5.74, 6) is 0. The Balaban J connectivity index is 2.34. The molecular weight excluding hydrogens is 360 g/mol. The first kappa shape index (κ1) is 19.3. The molecule has 9 heteroatoms. The van der Waals surface area contributed by atoms with Gasteiger partial charge in [-0.3, -0.25) is 25.7 Å². The average Bonchev–Trinajstić information content (AvgIpc) is 2.62. The Labute approximate surface area is 154 Å². The van der Waals surface area contributed by atoms with Crippen molar-refractivity contribution in [2.75, 3.05) is 5.43 Å². The lowest BCUT2D eigenvalue weighted by molar-refractivity contribution is -0.393. The van der Waals surface area contributed by atoms with Crippen molar-refractivity contribution in [3.05, 3.63) is 73.3 Å². The van der Waals surface area contributed by atoms with E-state index in [4.69, 9.17) is 11.6 Å². The van der Waals surface area contributed by atoms with Crippen LogP contribution in [0.25, 0.3) is 0 Å². The Bertz CT molecular complexity index is 837. The minimum Gasteiger partial charge on any atom is -0.271 e. The molecule has 136 valence electrons. The van der Waals surface area contributed by atoms with Crippen LogP contribution in [0.5, 0.6) is 0 Å². The largest absolute Gasteiger partial charge is 0.301 e. The number of rotatable bonds is 8. The van der Waals surface area contributed by atoms with Crippen molar-refractivity contribution in [1.82, 2.24) is 0 Å². The zero-order chi connectivity index (χ0) is 19.1. The van der Waals surface area contributed by atoms with Crippen LogP contribution in [-0.4, -0.2) is 15.6 Å². The molecule has 0 bridgehead atoms. The predicted octanol–water partition coefficient (Wildman–Crippen LogP) is 5.16. The van der Waals surface area contributed by atoms with E-state index in [0.717, 1.165) is 30.2 Å². The fourth-order valence-corrected chi connectivity index (χ4v) is 2.38.